The number of rotatable bonds is 1. The number of nitrogens with one attached hydrogen (secondary N) is 1. The van der Waals surface area contributed by atoms with Crippen molar-refractivity contribution in [3.05, 3.63) is 26.0 Å². The van der Waals surface area contributed by atoms with E-state index in [0.717, 1.165) is 4.57 Å². The predicted octanol–water partition coefficient (Wildman–Crippen LogP) is -1.45. The van der Waals surface area contributed by atoms with Crippen LogP contribution in [0.4, 0.5) is 11.5 Å². The molecule has 2 rings (SSSR count). The van der Waals surface area contributed by atoms with E-state index >= 15 is 0 Å². The molecule has 1 atom stereocenters. The van der Waals surface area contributed by atoms with Gasteiger partial charge in [-0.2, -0.15) is 4.99 Å². The number of aromatic nitrogens is 2. The van der Waals surface area contributed by atoms with Crippen LogP contribution in [0.2, 0.25) is 0 Å². The monoisotopic (exact) mass is 224 g/mol. The topological polar surface area (TPSA) is 83.9 Å². The average Bonchev–Trinajstić information content (AvgIpc) is 2.61. The van der Waals surface area contributed by atoms with Crippen LogP contribution in [0.25, 0.3) is 0 Å². The standard InChI is InChI=1S/C9H12N4O3/c1-4-5-10-7-6(13(5)16)8(14)12(3)9(15)11(7)2/h13H,4H2,1-3H3. The smallest absolute Gasteiger partial charge is 0.332 e. The van der Waals surface area contributed by atoms with Crippen LogP contribution in [-0.2, 0) is 14.1 Å². The minimum absolute atomic E-state index is 0.00134. The Kier molecular flexibility index (Phi) is 2.28. The van der Waals surface area contributed by atoms with Gasteiger partial charge in [0.1, 0.15) is 0 Å². The van der Waals surface area contributed by atoms with E-state index in [1.54, 1.807) is 6.92 Å². The summed E-state index contributed by atoms with van der Waals surface area (Å²) in [4.78, 5) is 27.4. The summed E-state index contributed by atoms with van der Waals surface area (Å²) in [6.45, 7) is 1.78. The minimum Gasteiger partial charge on any atom is -0.622 e. The summed E-state index contributed by atoms with van der Waals surface area (Å²) in [7, 11) is 2.85. The van der Waals surface area contributed by atoms with Crippen molar-refractivity contribution in [3.63, 3.8) is 0 Å². The summed E-state index contributed by atoms with van der Waals surface area (Å²) < 4.78 is 2.14. The highest BCUT2D eigenvalue weighted by molar-refractivity contribution is 5.84. The maximum atomic E-state index is 11.8. The van der Waals surface area contributed by atoms with E-state index in [0.29, 0.717) is 12.3 Å². The van der Waals surface area contributed by atoms with Crippen molar-refractivity contribution >= 4 is 17.3 Å². The normalized spacial score (nSPS) is 18.5. The Morgan fingerprint density at radius 3 is 2.50 bits per heavy atom. The molecule has 0 saturated heterocycles. The summed E-state index contributed by atoms with van der Waals surface area (Å²) in [6, 6.07) is 0. The van der Waals surface area contributed by atoms with Crippen molar-refractivity contribution in [2.24, 2.45) is 19.1 Å². The van der Waals surface area contributed by atoms with Gasteiger partial charge in [-0.15, -0.1) is 0 Å². The number of aliphatic imine (C=N–C) groups is 1. The Balaban J connectivity index is 2.85. The molecule has 0 aromatic carbocycles. The average molecular weight is 224 g/mol. The van der Waals surface area contributed by atoms with Crippen molar-refractivity contribution in [2.45, 2.75) is 13.3 Å². The zero-order valence-corrected chi connectivity index (χ0v) is 9.27. The van der Waals surface area contributed by atoms with Crippen molar-refractivity contribution in [1.29, 1.82) is 0 Å². The maximum absolute atomic E-state index is 11.8. The van der Waals surface area contributed by atoms with Crippen LogP contribution in [0.3, 0.4) is 0 Å². The molecule has 0 aliphatic carbocycles. The molecule has 0 amide bonds. The zero-order valence-electron chi connectivity index (χ0n) is 9.27. The summed E-state index contributed by atoms with van der Waals surface area (Å²) in [6.07, 6.45) is 0.449. The van der Waals surface area contributed by atoms with Gasteiger partial charge in [0.15, 0.2) is 0 Å². The second-order valence-electron chi connectivity index (χ2n) is 3.65. The SMILES string of the molecule is CCC1=Nc2c(c(=O)n(C)c(=O)n2C)[NH+]1[O-]. The molecule has 1 aromatic heterocycles. The van der Waals surface area contributed by atoms with Gasteiger partial charge in [0.25, 0.3) is 0 Å². The fourth-order valence-corrected chi connectivity index (χ4v) is 1.73. The van der Waals surface area contributed by atoms with Crippen LogP contribution in [0.5, 0.6) is 0 Å². The molecule has 86 valence electrons. The number of amidine groups is 1. The molecule has 1 aromatic rings. The lowest BCUT2D eigenvalue weighted by molar-refractivity contribution is -0.666. The van der Waals surface area contributed by atoms with Crippen LogP contribution in [-0.4, -0.2) is 15.0 Å². The van der Waals surface area contributed by atoms with Crippen LogP contribution < -0.4 is 16.3 Å². The van der Waals surface area contributed by atoms with Gasteiger partial charge in [-0.05, 0) is 0 Å². The van der Waals surface area contributed by atoms with Gasteiger partial charge in [-0.25, -0.2) is 4.79 Å². The van der Waals surface area contributed by atoms with E-state index in [2.05, 4.69) is 4.99 Å². The fraction of sp³-hybridized carbons (Fsp3) is 0.444. The predicted molar refractivity (Wildman–Crippen MR) is 58.3 cm³/mol. The molecule has 7 nitrogen and oxygen atoms in total. The van der Waals surface area contributed by atoms with Crippen molar-refractivity contribution < 1.29 is 5.06 Å². The largest absolute Gasteiger partial charge is 0.622 e. The van der Waals surface area contributed by atoms with E-state index in [1.807, 2.05) is 0 Å². The summed E-state index contributed by atoms with van der Waals surface area (Å²) in [5.41, 5.74) is -1.05. The summed E-state index contributed by atoms with van der Waals surface area (Å²) in [5, 5.41) is 11.4. The van der Waals surface area contributed by atoms with Crippen molar-refractivity contribution in [2.75, 3.05) is 0 Å². The highest BCUT2D eigenvalue weighted by Gasteiger charge is 2.30. The van der Waals surface area contributed by atoms with Gasteiger partial charge < -0.3 is 5.21 Å². The van der Waals surface area contributed by atoms with Crippen LogP contribution in [0, 0.1) is 5.21 Å². The third-order valence-electron chi connectivity index (χ3n) is 2.70. The molecule has 7 heteroatoms. The van der Waals surface area contributed by atoms with Gasteiger partial charge in [0.2, 0.25) is 17.3 Å². The Labute approximate surface area is 90.8 Å². The van der Waals surface area contributed by atoms with E-state index < -0.39 is 11.2 Å². The van der Waals surface area contributed by atoms with Gasteiger partial charge in [-0.1, -0.05) is 6.92 Å². The Morgan fingerprint density at radius 1 is 1.31 bits per heavy atom. The van der Waals surface area contributed by atoms with E-state index in [4.69, 9.17) is 0 Å². The molecule has 0 saturated carbocycles. The first-order valence-electron chi connectivity index (χ1n) is 4.91. The molecular weight excluding hydrogens is 212 g/mol. The van der Waals surface area contributed by atoms with Gasteiger partial charge in [0, 0.05) is 20.5 Å². The molecule has 0 bridgehead atoms. The second-order valence-corrected chi connectivity index (χ2v) is 3.65. The highest BCUT2D eigenvalue weighted by Crippen LogP contribution is 2.19. The molecular formula is C9H12N4O3. The van der Waals surface area contributed by atoms with Crippen LogP contribution in [0.15, 0.2) is 14.6 Å². The first-order chi connectivity index (χ1) is 7.49. The maximum Gasteiger partial charge on any atom is 0.332 e. The summed E-state index contributed by atoms with van der Waals surface area (Å²) >= 11 is 0. The van der Waals surface area contributed by atoms with Gasteiger partial charge in [-0.3, -0.25) is 19.0 Å². The number of quaternary nitrogens is 1. The quantitative estimate of drug-likeness (QED) is 0.592. The van der Waals surface area contributed by atoms with Crippen LogP contribution >= 0.6 is 0 Å². The zero-order chi connectivity index (χ0) is 12.0. The third kappa shape index (κ3) is 1.18. The molecule has 1 aliphatic rings. The molecule has 0 fully saturated rings. The van der Waals surface area contributed by atoms with Crippen LogP contribution in [0.1, 0.15) is 13.3 Å². The molecule has 16 heavy (non-hydrogen) atoms. The molecule has 1 N–H and O–H groups in total. The number of nitrogens with zero attached hydrogens (tertiary/aromatic N) is 3. The first kappa shape index (κ1) is 10.8. The van der Waals surface area contributed by atoms with Gasteiger partial charge >= 0.3 is 11.2 Å². The number of hydroxylamine groups is 1. The molecule has 1 aliphatic heterocycles. The van der Waals surface area contributed by atoms with E-state index in [1.165, 1.54) is 18.7 Å². The van der Waals surface area contributed by atoms with E-state index in [-0.39, 0.29) is 16.6 Å². The highest BCUT2D eigenvalue weighted by atomic mass is 16.5. The first-order valence-corrected chi connectivity index (χ1v) is 4.91. The van der Waals surface area contributed by atoms with Gasteiger partial charge in [0.05, 0.1) is 0 Å². The lowest BCUT2D eigenvalue weighted by Crippen LogP contribution is -3.05. The molecule has 0 radical (unpaired) electrons. The molecule has 1 unspecified atom stereocenters. The number of hydrogen-bond acceptors (Lipinski definition) is 4. The number of fused-ring (bicyclic) bond motifs is 1. The lowest BCUT2D eigenvalue weighted by atomic mass is 10.4. The Hall–Kier alpha value is -1.73. The van der Waals surface area contributed by atoms with Crippen molar-refractivity contribution in [3.8, 4) is 0 Å². The Morgan fingerprint density at radius 2 is 1.94 bits per heavy atom. The second kappa shape index (κ2) is 3.39. The molecule has 2 heterocycles. The lowest BCUT2D eigenvalue weighted by Gasteiger charge is -2.16. The Bertz CT molecular complexity index is 596. The summed E-state index contributed by atoms with van der Waals surface area (Å²) in [5.74, 6) is 0.503. The van der Waals surface area contributed by atoms with E-state index in [9.17, 15) is 14.8 Å². The molecule has 0 spiro atoms. The third-order valence-corrected chi connectivity index (χ3v) is 2.70. The minimum atomic E-state index is -0.574. The fourth-order valence-electron chi connectivity index (χ4n) is 1.73. The van der Waals surface area contributed by atoms with Crippen molar-refractivity contribution in [1.82, 2.24) is 9.13 Å². The number of hydrogen-bond donors (Lipinski definition) is 1.